The number of aliphatic hydroxyl groups excluding tert-OH is 1. The van der Waals surface area contributed by atoms with E-state index in [1.807, 2.05) is 32.0 Å². The highest BCUT2D eigenvalue weighted by Crippen LogP contribution is 2.26. The zero-order valence-electron chi connectivity index (χ0n) is 13.5. The Kier molecular flexibility index (Phi) is 5.60. The number of aryl methyl sites for hydroxylation is 2. The van der Waals surface area contributed by atoms with E-state index >= 15 is 0 Å². The molecular weight excluding hydrogens is 296 g/mol. The summed E-state index contributed by atoms with van der Waals surface area (Å²) in [6.45, 7) is 3.98. The van der Waals surface area contributed by atoms with Gasteiger partial charge in [0.15, 0.2) is 0 Å². The number of hydrogen-bond donors (Lipinski definition) is 1. The topological polar surface area (TPSA) is 65.0 Å². The van der Waals surface area contributed by atoms with Crippen LogP contribution in [0.4, 0.5) is 4.79 Å². The number of rotatable bonds is 5. The first kappa shape index (κ1) is 16.8. The maximum absolute atomic E-state index is 11.4. The summed E-state index contributed by atoms with van der Waals surface area (Å²) in [5.41, 5.74) is 3.42. The first-order valence-electron chi connectivity index (χ1n) is 7.22. The molecule has 2 aromatic rings. The Morgan fingerprint density at radius 1 is 1.13 bits per heavy atom. The molecule has 0 aromatic heterocycles. The molecule has 0 aliphatic rings. The Morgan fingerprint density at radius 2 is 1.91 bits per heavy atom. The third-order valence-corrected chi connectivity index (χ3v) is 3.46. The molecule has 0 heterocycles. The monoisotopic (exact) mass is 316 g/mol. The Balaban J connectivity index is 2.24. The van der Waals surface area contributed by atoms with Crippen molar-refractivity contribution in [1.29, 1.82) is 0 Å². The average molecular weight is 316 g/mol. The second kappa shape index (κ2) is 7.65. The van der Waals surface area contributed by atoms with Crippen molar-refractivity contribution in [2.45, 2.75) is 27.1 Å². The summed E-state index contributed by atoms with van der Waals surface area (Å²) in [5.74, 6) is 1.06. The second-order valence-electron chi connectivity index (χ2n) is 5.17. The van der Waals surface area contributed by atoms with E-state index in [2.05, 4.69) is 4.74 Å². The van der Waals surface area contributed by atoms with Crippen molar-refractivity contribution in [2.75, 3.05) is 7.11 Å². The first-order chi connectivity index (χ1) is 11.0. The van der Waals surface area contributed by atoms with E-state index in [1.165, 1.54) is 7.11 Å². The van der Waals surface area contributed by atoms with Crippen LogP contribution in [0.2, 0.25) is 0 Å². The van der Waals surface area contributed by atoms with Crippen LogP contribution in [-0.4, -0.2) is 18.4 Å². The van der Waals surface area contributed by atoms with Crippen molar-refractivity contribution in [3.8, 4) is 11.5 Å². The molecule has 0 unspecified atom stereocenters. The molecule has 2 rings (SSSR count). The van der Waals surface area contributed by atoms with Gasteiger partial charge in [0.25, 0.3) is 0 Å². The Morgan fingerprint density at radius 3 is 2.57 bits per heavy atom. The number of carbonyl (C=O) groups excluding carboxylic acids is 1. The van der Waals surface area contributed by atoms with Crippen LogP contribution in [0, 0.1) is 13.8 Å². The normalized spacial score (nSPS) is 10.3. The van der Waals surface area contributed by atoms with Gasteiger partial charge in [0.1, 0.15) is 18.1 Å². The quantitative estimate of drug-likeness (QED) is 0.675. The molecule has 0 saturated heterocycles. The maximum Gasteiger partial charge on any atom is 0.513 e. The van der Waals surface area contributed by atoms with E-state index in [4.69, 9.17) is 9.47 Å². The molecule has 0 saturated carbocycles. The van der Waals surface area contributed by atoms with Crippen LogP contribution in [-0.2, 0) is 18.0 Å². The van der Waals surface area contributed by atoms with Gasteiger partial charge in [-0.25, -0.2) is 4.79 Å². The van der Waals surface area contributed by atoms with E-state index in [0.717, 1.165) is 16.9 Å². The van der Waals surface area contributed by atoms with E-state index < -0.39 is 6.16 Å². The van der Waals surface area contributed by atoms with Crippen LogP contribution >= 0.6 is 0 Å². The number of methoxy groups -OCH3 is 1. The van der Waals surface area contributed by atoms with Gasteiger partial charge in [-0.05, 0) is 37.1 Å². The summed E-state index contributed by atoms with van der Waals surface area (Å²) in [4.78, 5) is 11.4. The fraction of sp³-hybridized carbons (Fsp3) is 0.278. The molecular formula is C18H20O5. The summed E-state index contributed by atoms with van der Waals surface area (Å²) in [5, 5.41) is 9.50. The van der Waals surface area contributed by atoms with Gasteiger partial charge >= 0.3 is 6.16 Å². The average Bonchev–Trinajstić information content (AvgIpc) is 2.54. The van der Waals surface area contributed by atoms with Crippen molar-refractivity contribution in [3.63, 3.8) is 0 Å². The molecule has 5 heteroatoms. The highest BCUT2D eigenvalue weighted by atomic mass is 16.7. The number of aliphatic hydroxyl groups is 1. The van der Waals surface area contributed by atoms with Crippen molar-refractivity contribution in [3.05, 3.63) is 58.7 Å². The minimum absolute atomic E-state index is 0.174. The fourth-order valence-electron chi connectivity index (χ4n) is 2.26. The van der Waals surface area contributed by atoms with Crippen LogP contribution in [0.1, 0.15) is 22.3 Å². The van der Waals surface area contributed by atoms with Gasteiger partial charge in [-0.3, -0.25) is 0 Å². The third-order valence-electron chi connectivity index (χ3n) is 3.46. The van der Waals surface area contributed by atoms with Crippen molar-refractivity contribution >= 4 is 6.16 Å². The molecule has 2 aromatic carbocycles. The highest BCUT2D eigenvalue weighted by Gasteiger charge is 2.14. The van der Waals surface area contributed by atoms with Gasteiger partial charge in [0.2, 0.25) is 0 Å². The summed E-state index contributed by atoms with van der Waals surface area (Å²) < 4.78 is 15.5. The van der Waals surface area contributed by atoms with Crippen LogP contribution in [0.5, 0.6) is 11.5 Å². The summed E-state index contributed by atoms with van der Waals surface area (Å²) >= 11 is 0. The van der Waals surface area contributed by atoms with E-state index in [9.17, 15) is 9.90 Å². The molecule has 1 N–H and O–H groups in total. The van der Waals surface area contributed by atoms with E-state index in [0.29, 0.717) is 16.9 Å². The van der Waals surface area contributed by atoms with Gasteiger partial charge in [0, 0.05) is 5.56 Å². The third kappa shape index (κ3) is 4.23. The molecule has 0 aliphatic heterocycles. The lowest BCUT2D eigenvalue weighted by molar-refractivity contribution is 0.120. The second-order valence-corrected chi connectivity index (χ2v) is 5.17. The molecule has 5 nitrogen and oxygen atoms in total. The molecule has 0 aliphatic carbocycles. The van der Waals surface area contributed by atoms with E-state index in [1.54, 1.807) is 18.2 Å². The van der Waals surface area contributed by atoms with Gasteiger partial charge in [-0.15, -0.1) is 0 Å². The lowest BCUT2D eigenvalue weighted by Crippen LogP contribution is -2.11. The maximum atomic E-state index is 11.4. The number of ether oxygens (including phenoxy) is 3. The number of carbonyl (C=O) groups is 1. The minimum atomic E-state index is -0.812. The molecule has 23 heavy (non-hydrogen) atoms. The molecule has 0 spiro atoms. The molecule has 122 valence electrons. The zero-order valence-corrected chi connectivity index (χ0v) is 13.5. The number of benzene rings is 2. The standard InChI is InChI=1S/C18H20O5/c1-12-7-8-16(13(2)9-12)22-11-15-14(10-19)5-4-6-17(15)23-18(20)21-3/h4-9,19H,10-11H2,1-3H3. The Hall–Kier alpha value is -2.53. The predicted molar refractivity (Wildman–Crippen MR) is 85.6 cm³/mol. The molecule has 0 radical (unpaired) electrons. The minimum Gasteiger partial charge on any atom is -0.488 e. The van der Waals surface area contributed by atoms with E-state index in [-0.39, 0.29) is 13.2 Å². The van der Waals surface area contributed by atoms with Crippen LogP contribution in [0.25, 0.3) is 0 Å². The lowest BCUT2D eigenvalue weighted by Gasteiger charge is -2.15. The van der Waals surface area contributed by atoms with Crippen LogP contribution in [0.3, 0.4) is 0 Å². The predicted octanol–water partition coefficient (Wildman–Crippen LogP) is 3.52. The smallest absolute Gasteiger partial charge is 0.488 e. The van der Waals surface area contributed by atoms with Crippen LogP contribution < -0.4 is 9.47 Å². The molecule has 0 amide bonds. The molecule has 0 atom stereocenters. The lowest BCUT2D eigenvalue weighted by atomic mass is 10.1. The summed E-state index contributed by atoms with van der Waals surface area (Å²) in [7, 11) is 1.24. The SMILES string of the molecule is COC(=O)Oc1cccc(CO)c1COc1ccc(C)cc1C. The van der Waals surface area contributed by atoms with Gasteiger partial charge in [-0.1, -0.05) is 29.8 Å². The largest absolute Gasteiger partial charge is 0.513 e. The zero-order chi connectivity index (χ0) is 16.8. The van der Waals surface area contributed by atoms with Gasteiger partial charge in [0.05, 0.1) is 13.7 Å². The van der Waals surface area contributed by atoms with Crippen LogP contribution in [0.15, 0.2) is 36.4 Å². The van der Waals surface area contributed by atoms with Gasteiger partial charge < -0.3 is 19.3 Å². The van der Waals surface area contributed by atoms with Crippen molar-refractivity contribution < 1.29 is 24.1 Å². The van der Waals surface area contributed by atoms with Gasteiger partial charge in [-0.2, -0.15) is 0 Å². The Bertz CT molecular complexity index is 694. The molecule has 0 fully saturated rings. The summed E-state index contributed by atoms with van der Waals surface area (Å²) in [6.07, 6.45) is -0.812. The molecule has 0 bridgehead atoms. The number of hydrogen-bond acceptors (Lipinski definition) is 5. The highest BCUT2D eigenvalue weighted by molar-refractivity contribution is 5.64. The summed E-state index contributed by atoms with van der Waals surface area (Å²) in [6, 6.07) is 11.0. The fourth-order valence-corrected chi connectivity index (χ4v) is 2.26. The van der Waals surface area contributed by atoms with Crippen molar-refractivity contribution in [1.82, 2.24) is 0 Å². The van der Waals surface area contributed by atoms with Crippen molar-refractivity contribution in [2.24, 2.45) is 0 Å². The Labute approximate surface area is 135 Å². The first-order valence-corrected chi connectivity index (χ1v) is 7.22.